The fourth-order valence-corrected chi connectivity index (χ4v) is 6.11. The third-order valence-electron chi connectivity index (χ3n) is 7.99. The van der Waals surface area contributed by atoms with E-state index in [9.17, 15) is 6.63 Å². The molecule has 42 heavy (non-hydrogen) atoms. The zero-order valence-electron chi connectivity index (χ0n) is 26.8. The third kappa shape index (κ3) is 3.96. The molecule has 0 radical (unpaired) electrons. The number of nitriles is 1. The summed E-state index contributed by atoms with van der Waals surface area (Å²) in [4.78, 5) is 0. The molecule has 0 saturated heterocycles. The lowest BCUT2D eigenvalue weighted by Gasteiger charge is -2.12. The molecule has 0 saturated carbocycles. The van der Waals surface area contributed by atoms with Gasteiger partial charge in [0, 0.05) is 30.7 Å². The number of pyridine rings is 1. The lowest BCUT2D eigenvalue weighted by Crippen LogP contribution is -2.32. The van der Waals surface area contributed by atoms with Crippen molar-refractivity contribution in [3.63, 3.8) is 0 Å². The Balaban J connectivity index is 1.61. The molecule has 2 heterocycles. The Morgan fingerprint density at radius 1 is 0.905 bits per heavy atom. The third-order valence-corrected chi connectivity index (χ3v) is 7.99. The topological polar surface area (TPSA) is 40.8 Å². The highest BCUT2D eigenvalue weighted by Crippen LogP contribution is 2.44. The number of aryl methyl sites for hydroxylation is 2. The minimum atomic E-state index is -1.89. The Morgan fingerprint density at radius 2 is 1.57 bits per heavy atom. The molecule has 7 rings (SSSR count). The van der Waals surface area contributed by atoms with Gasteiger partial charge >= 0.3 is 0 Å². The Bertz CT molecular complexity index is 2400. The van der Waals surface area contributed by atoms with Gasteiger partial charge in [0.25, 0.3) is 0 Å². The molecule has 0 spiro atoms. The van der Waals surface area contributed by atoms with Gasteiger partial charge in [0.05, 0.1) is 18.6 Å². The van der Waals surface area contributed by atoms with E-state index in [1.165, 1.54) is 6.20 Å². The normalized spacial score (nSPS) is 13.1. The van der Waals surface area contributed by atoms with Crippen LogP contribution in [0.3, 0.4) is 0 Å². The molecule has 5 aromatic carbocycles. The highest BCUT2D eigenvalue weighted by atomic mass is 19.1. The number of rotatable bonds is 4. The molecule has 4 heteroatoms. The number of hydrogen-bond donors (Lipinski definition) is 0. The van der Waals surface area contributed by atoms with Crippen molar-refractivity contribution in [2.45, 2.75) is 27.1 Å². The minimum absolute atomic E-state index is 0.00736. The van der Waals surface area contributed by atoms with Crippen molar-refractivity contribution in [3.8, 4) is 28.5 Å². The SMILES string of the molecule is [2H]c1c(-c2c(C#N)ccc3c2oc2c(-c4cc(C([2H])([2H])C(C)C)c(F)c[n+]4C)c(C)ccc23)c2ccccc2c2ccccc12. The Kier molecular flexibility index (Phi) is 5.30. The zero-order valence-corrected chi connectivity index (χ0v) is 23.8. The fourth-order valence-electron chi connectivity index (χ4n) is 6.11. The highest BCUT2D eigenvalue weighted by molar-refractivity contribution is 6.19. The molecule has 0 atom stereocenters. The molecule has 2 aromatic heterocycles. The van der Waals surface area contributed by atoms with E-state index in [0.29, 0.717) is 45.2 Å². The summed E-state index contributed by atoms with van der Waals surface area (Å²) in [5.41, 5.74) is 4.82. The summed E-state index contributed by atoms with van der Waals surface area (Å²) in [5.74, 6) is -1.06. The minimum Gasteiger partial charge on any atom is -0.454 e. The van der Waals surface area contributed by atoms with E-state index in [2.05, 4.69) is 6.07 Å². The van der Waals surface area contributed by atoms with Crippen LogP contribution < -0.4 is 4.57 Å². The van der Waals surface area contributed by atoms with Crippen LogP contribution in [-0.2, 0) is 13.4 Å². The van der Waals surface area contributed by atoms with Gasteiger partial charge in [0.2, 0.25) is 11.9 Å². The van der Waals surface area contributed by atoms with Crippen LogP contribution >= 0.6 is 0 Å². The summed E-state index contributed by atoms with van der Waals surface area (Å²) in [6, 6.07) is 27.6. The average molecular weight is 553 g/mol. The van der Waals surface area contributed by atoms with E-state index in [0.717, 1.165) is 37.9 Å². The molecule has 0 aliphatic heterocycles. The quantitative estimate of drug-likeness (QED) is 0.161. The first-order valence-electron chi connectivity index (χ1n) is 15.5. The second kappa shape index (κ2) is 9.82. The van der Waals surface area contributed by atoms with Crippen LogP contribution in [0, 0.1) is 30.0 Å². The van der Waals surface area contributed by atoms with Gasteiger partial charge in [-0.1, -0.05) is 74.5 Å². The summed E-state index contributed by atoms with van der Waals surface area (Å²) in [7, 11) is 1.74. The Morgan fingerprint density at radius 3 is 2.31 bits per heavy atom. The first-order valence-corrected chi connectivity index (χ1v) is 14.0. The summed E-state index contributed by atoms with van der Waals surface area (Å²) in [6.07, 6.45) is -0.572. The molecular formula is C38H30FN2O+. The summed E-state index contributed by atoms with van der Waals surface area (Å²) in [5, 5.41) is 15.5. The van der Waals surface area contributed by atoms with Crippen molar-refractivity contribution in [2.75, 3.05) is 0 Å². The maximum atomic E-state index is 15.3. The van der Waals surface area contributed by atoms with Gasteiger partial charge in [0.15, 0.2) is 5.82 Å². The van der Waals surface area contributed by atoms with Crippen molar-refractivity contribution in [1.82, 2.24) is 0 Å². The molecule has 0 aliphatic rings. The number of hydrogen-bond acceptors (Lipinski definition) is 2. The summed E-state index contributed by atoms with van der Waals surface area (Å²) >= 11 is 0. The molecule has 0 fully saturated rings. The monoisotopic (exact) mass is 552 g/mol. The lowest BCUT2D eigenvalue weighted by atomic mass is 9.90. The van der Waals surface area contributed by atoms with E-state index in [-0.39, 0.29) is 5.56 Å². The van der Waals surface area contributed by atoms with E-state index in [4.69, 9.17) is 7.16 Å². The van der Waals surface area contributed by atoms with Crippen molar-refractivity contribution in [3.05, 3.63) is 114 Å². The predicted octanol–water partition coefficient (Wildman–Crippen LogP) is 9.57. The van der Waals surface area contributed by atoms with Gasteiger partial charge in [-0.05, 0) is 70.1 Å². The molecule has 3 nitrogen and oxygen atoms in total. The van der Waals surface area contributed by atoms with Crippen LogP contribution in [-0.4, -0.2) is 0 Å². The molecule has 0 unspecified atom stereocenters. The van der Waals surface area contributed by atoms with Crippen molar-refractivity contribution in [2.24, 2.45) is 13.0 Å². The van der Waals surface area contributed by atoms with Gasteiger partial charge in [0.1, 0.15) is 18.2 Å². The van der Waals surface area contributed by atoms with Crippen molar-refractivity contribution in [1.29, 1.82) is 5.26 Å². The van der Waals surface area contributed by atoms with Gasteiger partial charge in [-0.15, -0.1) is 0 Å². The molecule has 7 aromatic rings. The predicted molar refractivity (Wildman–Crippen MR) is 169 cm³/mol. The first kappa shape index (κ1) is 22.7. The zero-order chi connectivity index (χ0) is 31.8. The van der Waals surface area contributed by atoms with Crippen LogP contribution in [0.4, 0.5) is 4.39 Å². The molecular weight excluding hydrogens is 519 g/mol. The number of halogens is 1. The van der Waals surface area contributed by atoms with E-state index in [1.807, 2.05) is 73.7 Å². The van der Waals surface area contributed by atoms with Crippen molar-refractivity contribution >= 4 is 43.5 Å². The van der Waals surface area contributed by atoms with Crippen LogP contribution in [0.15, 0.2) is 95.5 Å². The summed E-state index contributed by atoms with van der Waals surface area (Å²) < 4.78 is 50.4. The molecule has 0 bridgehead atoms. The first-order chi connectivity index (χ1) is 21.5. The molecule has 0 amide bonds. The average Bonchev–Trinajstić information content (AvgIpc) is 3.40. The number of benzene rings is 5. The second-order valence-corrected chi connectivity index (χ2v) is 11.1. The van der Waals surface area contributed by atoms with E-state index >= 15 is 4.39 Å². The number of aromatic nitrogens is 1. The van der Waals surface area contributed by atoms with Crippen LogP contribution in [0.5, 0.6) is 0 Å². The summed E-state index contributed by atoms with van der Waals surface area (Å²) in [6.45, 7) is 5.42. The van der Waals surface area contributed by atoms with Crippen molar-refractivity contribution < 1.29 is 17.5 Å². The lowest BCUT2D eigenvalue weighted by molar-refractivity contribution is -0.662. The fraction of sp³-hybridized carbons (Fsp3) is 0.158. The van der Waals surface area contributed by atoms with Crippen LogP contribution in [0.2, 0.25) is 0 Å². The number of fused-ring (bicyclic) bond motifs is 6. The van der Waals surface area contributed by atoms with Gasteiger partial charge < -0.3 is 4.42 Å². The molecule has 0 aliphatic carbocycles. The maximum absolute atomic E-state index is 15.3. The maximum Gasteiger partial charge on any atom is 0.216 e. The van der Waals surface area contributed by atoms with Crippen LogP contribution in [0.25, 0.3) is 65.9 Å². The molecule has 0 N–H and O–H groups in total. The largest absolute Gasteiger partial charge is 0.454 e. The number of furan rings is 1. The smallest absolute Gasteiger partial charge is 0.216 e. The van der Waals surface area contributed by atoms with E-state index < -0.39 is 18.1 Å². The Labute approximate surface area is 248 Å². The second-order valence-electron chi connectivity index (χ2n) is 11.1. The van der Waals surface area contributed by atoms with Crippen LogP contribution in [0.1, 0.15) is 34.7 Å². The van der Waals surface area contributed by atoms with E-state index in [1.54, 1.807) is 37.6 Å². The van der Waals surface area contributed by atoms with Gasteiger partial charge in [-0.2, -0.15) is 9.83 Å². The Hall–Kier alpha value is -5.01. The highest BCUT2D eigenvalue weighted by Gasteiger charge is 2.25. The number of nitrogens with zero attached hydrogens (tertiary/aromatic N) is 2. The van der Waals surface area contributed by atoms with Gasteiger partial charge in [-0.3, -0.25) is 0 Å². The standard InChI is InChI=1S/C38H30FN2O/c1-22(2)17-26-19-34(41(4)21-33(26)39)35-23(3)13-15-30-31-16-14-25(20-40)36(38(31)42-37(30)35)32-18-24-9-5-6-10-27(24)28-11-7-8-12-29(28)32/h5-16,18-19,21-22H,17H2,1-4H3/q+1/i17D2,18D. The van der Waals surface area contributed by atoms with Gasteiger partial charge in [-0.25, -0.2) is 4.39 Å². The molecule has 204 valence electrons.